The Morgan fingerprint density at radius 3 is 2.74 bits per heavy atom. The largest absolute Gasteiger partial charge is 0.454 e. The van der Waals surface area contributed by atoms with E-state index in [0.717, 1.165) is 21.9 Å². The van der Waals surface area contributed by atoms with Gasteiger partial charge in [0.15, 0.2) is 11.5 Å². The predicted molar refractivity (Wildman–Crippen MR) is 103 cm³/mol. The first-order chi connectivity index (χ1) is 12.8. The fraction of sp³-hybridized carbons (Fsp3) is 0.368. The molecule has 4 N–H and O–H groups in total. The van der Waals surface area contributed by atoms with Gasteiger partial charge in [0.1, 0.15) is 0 Å². The van der Waals surface area contributed by atoms with Crippen LogP contribution in [0.4, 0.5) is 4.79 Å². The molecule has 0 aliphatic carbocycles. The highest BCUT2D eigenvalue weighted by Gasteiger charge is 2.26. The summed E-state index contributed by atoms with van der Waals surface area (Å²) in [5.41, 5.74) is 5.98. The monoisotopic (exact) mass is 389 g/mol. The number of nitrogens with two attached hydrogens (primary N) is 1. The SMILES string of the molecule is CC(C)(CNC(=O)CC(NC(N)=O)c1cccs1)c1ccc2c(c1)OCO2. The summed E-state index contributed by atoms with van der Waals surface area (Å²) < 4.78 is 10.8. The Balaban J connectivity index is 1.61. The lowest BCUT2D eigenvalue weighted by molar-refractivity contribution is -0.121. The van der Waals surface area contributed by atoms with Gasteiger partial charge < -0.3 is 25.8 Å². The van der Waals surface area contributed by atoms with Crippen LogP contribution < -0.4 is 25.8 Å². The standard InChI is InChI=1S/C19H23N3O4S/c1-19(2,12-5-6-14-15(8-12)26-11-25-14)10-21-17(23)9-13(22-18(20)24)16-4-3-7-27-16/h3-8,13H,9-11H2,1-2H3,(H,21,23)(H3,20,22,24). The topological polar surface area (TPSA) is 103 Å². The Bertz CT molecular complexity index is 820. The summed E-state index contributed by atoms with van der Waals surface area (Å²) in [6.07, 6.45) is 0.126. The molecule has 27 heavy (non-hydrogen) atoms. The average Bonchev–Trinajstić information content (AvgIpc) is 3.30. The van der Waals surface area contributed by atoms with Crippen LogP contribution in [-0.2, 0) is 10.2 Å². The van der Waals surface area contributed by atoms with Crippen molar-refractivity contribution < 1.29 is 19.1 Å². The van der Waals surface area contributed by atoms with E-state index in [9.17, 15) is 9.59 Å². The molecular formula is C19H23N3O4S. The van der Waals surface area contributed by atoms with Crippen LogP contribution in [0, 0.1) is 0 Å². The average molecular weight is 389 g/mol. The van der Waals surface area contributed by atoms with Gasteiger partial charge in [-0.25, -0.2) is 4.79 Å². The number of carbonyl (C=O) groups is 2. The minimum Gasteiger partial charge on any atom is -0.454 e. The van der Waals surface area contributed by atoms with Gasteiger partial charge in [0.2, 0.25) is 12.7 Å². The van der Waals surface area contributed by atoms with E-state index in [1.807, 2.05) is 49.6 Å². The van der Waals surface area contributed by atoms with E-state index in [2.05, 4.69) is 10.6 Å². The number of amides is 3. The zero-order valence-corrected chi connectivity index (χ0v) is 16.1. The van der Waals surface area contributed by atoms with Crippen molar-refractivity contribution in [3.63, 3.8) is 0 Å². The van der Waals surface area contributed by atoms with E-state index in [0.29, 0.717) is 6.54 Å². The van der Waals surface area contributed by atoms with Gasteiger partial charge in [-0.05, 0) is 29.1 Å². The Morgan fingerprint density at radius 2 is 2.04 bits per heavy atom. The number of primary amides is 1. The van der Waals surface area contributed by atoms with Gasteiger partial charge in [-0.2, -0.15) is 0 Å². The summed E-state index contributed by atoms with van der Waals surface area (Å²) in [5, 5.41) is 7.48. The molecule has 1 aromatic heterocycles. The number of ether oxygens (including phenoxy) is 2. The van der Waals surface area contributed by atoms with Gasteiger partial charge in [0, 0.05) is 16.8 Å². The van der Waals surface area contributed by atoms with Crippen LogP contribution in [0.15, 0.2) is 35.7 Å². The van der Waals surface area contributed by atoms with Crippen LogP contribution in [0.25, 0.3) is 0 Å². The zero-order chi connectivity index (χ0) is 19.4. The highest BCUT2D eigenvalue weighted by Crippen LogP contribution is 2.36. The summed E-state index contributed by atoms with van der Waals surface area (Å²) in [5.74, 6) is 1.29. The van der Waals surface area contributed by atoms with Crippen LogP contribution in [0.3, 0.4) is 0 Å². The Hall–Kier alpha value is -2.74. The molecule has 1 atom stereocenters. The smallest absolute Gasteiger partial charge is 0.312 e. The van der Waals surface area contributed by atoms with Crippen LogP contribution in [-0.4, -0.2) is 25.3 Å². The molecule has 0 saturated carbocycles. The van der Waals surface area contributed by atoms with Crippen molar-refractivity contribution in [3.8, 4) is 11.5 Å². The number of thiophene rings is 1. The van der Waals surface area contributed by atoms with Crippen LogP contribution in [0.1, 0.15) is 36.8 Å². The molecule has 2 aromatic rings. The molecule has 2 heterocycles. The number of rotatable bonds is 7. The third-order valence-corrected chi connectivity index (χ3v) is 5.46. The second-order valence-corrected chi connectivity index (χ2v) is 7.99. The maximum absolute atomic E-state index is 12.5. The second-order valence-electron chi connectivity index (χ2n) is 7.01. The third kappa shape index (κ3) is 4.71. The summed E-state index contributed by atoms with van der Waals surface area (Å²) in [7, 11) is 0. The lowest BCUT2D eigenvalue weighted by Crippen LogP contribution is -2.40. The first-order valence-corrected chi connectivity index (χ1v) is 9.49. The molecule has 7 nitrogen and oxygen atoms in total. The molecule has 0 radical (unpaired) electrons. The van der Waals surface area contributed by atoms with Gasteiger partial charge in [0.05, 0.1) is 12.5 Å². The highest BCUT2D eigenvalue weighted by molar-refractivity contribution is 7.10. The Labute approximate surface area is 161 Å². The van der Waals surface area contributed by atoms with E-state index in [4.69, 9.17) is 15.2 Å². The number of hydrogen-bond acceptors (Lipinski definition) is 5. The van der Waals surface area contributed by atoms with Crippen molar-refractivity contribution in [2.75, 3.05) is 13.3 Å². The Kier molecular flexibility index (Phi) is 5.55. The van der Waals surface area contributed by atoms with Gasteiger partial charge in [-0.1, -0.05) is 26.0 Å². The molecule has 0 fully saturated rings. The predicted octanol–water partition coefficient (Wildman–Crippen LogP) is 2.67. The van der Waals surface area contributed by atoms with Crippen LogP contribution >= 0.6 is 11.3 Å². The van der Waals surface area contributed by atoms with Crippen molar-refractivity contribution in [2.45, 2.75) is 31.7 Å². The fourth-order valence-corrected chi connectivity index (χ4v) is 3.66. The molecule has 1 aliphatic heterocycles. The lowest BCUT2D eigenvalue weighted by atomic mass is 9.84. The summed E-state index contributed by atoms with van der Waals surface area (Å²) >= 11 is 1.47. The van der Waals surface area contributed by atoms with E-state index in [1.165, 1.54) is 11.3 Å². The van der Waals surface area contributed by atoms with Crippen LogP contribution in [0.2, 0.25) is 0 Å². The van der Waals surface area contributed by atoms with Crippen molar-refractivity contribution >= 4 is 23.3 Å². The summed E-state index contributed by atoms with van der Waals surface area (Å²) in [6, 6.07) is 8.45. The van der Waals surface area contributed by atoms with E-state index < -0.39 is 12.1 Å². The third-order valence-electron chi connectivity index (χ3n) is 4.47. The first kappa shape index (κ1) is 19.0. The van der Waals surface area contributed by atoms with Crippen molar-refractivity contribution in [3.05, 3.63) is 46.2 Å². The number of nitrogens with one attached hydrogen (secondary N) is 2. The van der Waals surface area contributed by atoms with E-state index in [-0.39, 0.29) is 24.5 Å². The maximum Gasteiger partial charge on any atom is 0.312 e. The van der Waals surface area contributed by atoms with E-state index >= 15 is 0 Å². The number of benzene rings is 1. The molecule has 8 heteroatoms. The van der Waals surface area contributed by atoms with Crippen molar-refractivity contribution in [1.29, 1.82) is 0 Å². The molecule has 0 bridgehead atoms. The number of urea groups is 1. The number of carbonyl (C=O) groups excluding carboxylic acids is 2. The minimum atomic E-state index is -0.651. The molecule has 1 unspecified atom stereocenters. The van der Waals surface area contributed by atoms with Gasteiger partial charge >= 0.3 is 6.03 Å². The molecule has 1 aromatic carbocycles. The van der Waals surface area contributed by atoms with Crippen molar-refractivity contribution in [2.24, 2.45) is 5.73 Å². The minimum absolute atomic E-state index is 0.126. The van der Waals surface area contributed by atoms with Gasteiger partial charge in [-0.3, -0.25) is 4.79 Å². The van der Waals surface area contributed by atoms with Crippen molar-refractivity contribution in [1.82, 2.24) is 10.6 Å². The number of fused-ring (bicyclic) bond motifs is 1. The maximum atomic E-state index is 12.5. The number of hydrogen-bond donors (Lipinski definition) is 3. The van der Waals surface area contributed by atoms with Gasteiger partial charge in [0.25, 0.3) is 0 Å². The molecule has 0 saturated heterocycles. The molecule has 144 valence electrons. The quantitative estimate of drug-likeness (QED) is 0.677. The Morgan fingerprint density at radius 1 is 1.26 bits per heavy atom. The van der Waals surface area contributed by atoms with E-state index in [1.54, 1.807) is 0 Å². The summed E-state index contributed by atoms with van der Waals surface area (Å²) in [4.78, 5) is 24.6. The normalized spacial score (nSPS) is 13.9. The first-order valence-electron chi connectivity index (χ1n) is 8.61. The summed E-state index contributed by atoms with van der Waals surface area (Å²) in [6.45, 7) is 4.76. The second kappa shape index (κ2) is 7.87. The lowest BCUT2D eigenvalue weighted by Gasteiger charge is -2.26. The molecule has 3 amide bonds. The van der Waals surface area contributed by atoms with Gasteiger partial charge in [-0.15, -0.1) is 11.3 Å². The highest BCUT2D eigenvalue weighted by atomic mass is 32.1. The molecule has 1 aliphatic rings. The zero-order valence-electron chi connectivity index (χ0n) is 15.3. The fourth-order valence-electron chi connectivity index (χ4n) is 2.88. The molecule has 0 spiro atoms. The van der Waals surface area contributed by atoms with Crippen LogP contribution in [0.5, 0.6) is 11.5 Å². The molecular weight excluding hydrogens is 366 g/mol. The molecule has 3 rings (SSSR count).